The van der Waals surface area contributed by atoms with Crippen LogP contribution < -0.4 is 0 Å². The molecule has 0 aliphatic carbocycles. The van der Waals surface area contributed by atoms with Crippen LogP contribution in [0.1, 0.15) is 310 Å². The third-order valence-electron chi connectivity index (χ3n) is 15.9. The van der Waals surface area contributed by atoms with E-state index >= 15 is 0 Å². The lowest BCUT2D eigenvalue weighted by Crippen LogP contribution is -2.30. The molecule has 5 unspecified atom stereocenters. The highest BCUT2D eigenvalue weighted by Gasteiger charge is 2.30. The minimum Gasteiger partial charge on any atom is -0.462 e. The molecule has 0 heterocycles. The highest BCUT2D eigenvalue weighted by Crippen LogP contribution is 2.45. The maximum Gasteiger partial charge on any atom is 0.472 e. The number of aliphatic hydroxyl groups is 1. The zero-order chi connectivity index (χ0) is 73.2. The van der Waals surface area contributed by atoms with E-state index in [1.807, 2.05) is 0 Å². The van der Waals surface area contributed by atoms with Crippen molar-refractivity contribution in [1.82, 2.24) is 0 Å². The first-order chi connectivity index (χ1) is 48.7. The first-order valence-electron chi connectivity index (χ1n) is 38.8. The maximum atomic E-state index is 13.1. The lowest BCUT2D eigenvalue weighted by Gasteiger charge is -2.21. The van der Waals surface area contributed by atoms with Crippen molar-refractivity contribution in [2.45, 2.75) is 329 Å². The fourth-order valence-electron chi connectivity index (χ4n) is 10.0. The first kappa shape index (κ1) is 95.5. The minimum atomic E-state index is -4.99. The Morgan fingerprint density at radius 2 is 0.530 bits per heavy atom. The molecule has 19 heteroatoms. The monoisotopic (exact) mass is 1440 g/mol. The second-order valence-corrected chi connectivity index (χ2v) is 28.4. The quantitative estimate of drug-likeness (QED) is 0.0169. The highest BCUT2D eigenvalue weighted by atomic mass is 31.2. The van der Waals surface area contributed by atoms with Crippen LogP contribution in [0.5, 0.6) is 0 Å². The van der Waals surface area contributed by atoms with Gasteiger partial charge in [0.25, 0.3) is 0 Å². The Morgan fingerprint density at radius 1 is 0.290 bits per heavy atom. The molecule has 0 bridgehead atoms. The molecule has 100 heavy (non-hydrogen) atoms. The zero-order valence-electron chi connectivity index (χ0n) is 62.6. The molecule has 0 spiro atoms. The van der Waals surface area contributed by atoms with Crippen molar-refractivity contribution >= 4 is 39.5 Å². The van der Waals surface area contributed by atoms with Gasteiger partial charge < -0.3 is 33.8 Å². The van der Waals surface area contributed by atoms with Crippen LogP contribution in [0.25, 0.3) is 0 Å². The number of esters is 4. The van der Waals surface area contributed by atoms with Crippen LogP contribution in [0.15, 0.2) is 122 Å². The van der Waals surface area contributed by atoms with Gasteiger partial charge in [-0.25, -0.2) is 9.13 Å². The molecule has 0 radical (unpaired) electrons. The SMILES string of the molecule is CC/C=C\C/C=C\C/C=C\C/C=C\C/C=C\CCCCCC(=O)OCC(COP(=O)(O)OCC(O)COP(=O)(O)OCC(COC(=O)CCCCCCC/C=C\CCCC)OC(=O)CCCCCCCCCCCCC)OC(=O)CCCCCCCC/C=C\C/C=C\C/C=C\C/C=C\CC. The number of ether oxygens (including phenoxy) is 4. The molecular weight excluding hydrogens is 1310 g/mol. The number of hydrogen-bond acceptors (Lipinski definition) is 15. The normalized spacial score (nSPS) is 14.6. The minimum absolute atomic E-state index is 0.0686. The Kier molecular flexibility index (Phi) is 69.5. The van der Waals surface area contributed by atoms with Crippen molar-refractivity contribution in [3.8, 4) is 0 Å². The van der Waals surface area contributed by atoms with Crippen LogP contribution in [0.4, 0.5) is 0 Å². The van der Waals surface area contributed by atoms with E-state index in [0.29, 0.717) is 25.7 Å². The van der Waals surface area contributed by atoms with Crippen LogP contribution in [-0.2, 0) is 65.4 Å². The number of carbonyl (C=O) groups excluding carboxylic acids is 4. The number of allylic oxidation sites excluding steroid dienone is 20. The fourth-order valence-corrected chi connectivity index (χ4v) is 11.6. The molecule has 0 saturated carbocycles. The summed E-state index contributed by atoms with van der Waals surface area (Å²) in [6.45, 7) is 4.55. The molecule has 17 nitrogen and oxygen atoms in total. The van der Waals surface area contributed by atoms with Crippen LogP contribution in [0.2, 0.25) is 0 Å². The Morgan fingerprint density at radius 3 is 0.850 bits per heavy atom. The number of unbranched alkanes of at least 4 members (excludes halogenated alkanes) is 26. The number of aliphatic hydroxyl groups excluding tert-OH is 1. The summed E-state index contributed by atoms with van der Waals surface area (Å²) in [6, 6.07) is 0. The van der Waals surface area contributed by atoms with Gasteiger partial charge in [0.2, 0.25) is 0 Å². The number of hydrogen-bond donors (Lipinski definition) is 3. The van der Waals surface area contributed by atoms with Crippen LogP contribution in [0, 0.1) is 0 Å². The van der Waals surface area contributed by atoms with E-state index in [4.69, 9.17) is 37.0 Å². The number of phosphoric acid groups is 2. The summed E-state index contributed by atoms with van der Waals surface area (Å²) in [5.74, 6) is -2.23. The van der Waals surface area contributed by atoms with Gasteiger partial charge in [-0.2, -0.15) is 0 Å². The lowest BCUT2D eigenvalue weighted by atomic mass is 10.1. The summed E-state index contributed by atoms with van der Waals surface area (Å²) < 4.78 is 68.4. The molecule has 0 rings (SSSR count). The number of carbonyl (C=O) groups is 4. The maximum absolute atomic E-state index is 13.1. The average Bonchev–Trinajstić information content (AvgIpc) is 1.06. The van der Waals surface area contributed by atoms with Gasteiger partial charge >= 0.3 is 39.5 Å². The number of phosphoric ester groups is 2. The summed E-state index contributed by atoms with van der Waals surface area (Å²) in [4.78, 5) is 72.8. The summed E-state index contributed by atoms with van der Waals surface area (Å²) in [6.07, 6.45) is 79.1. The van der Waals surface area contributed by atoms with E-state index in [2.05, 4.69) is 149 Å². The van der Waals surface area contributed by atoms with E-state index < -0.39 is 97.5 Å². The van der Waals surface area contributed by atoms with E-state index in [-0.39, 0.29) is 25.7 Å². The smallest absolute Gasteiger partial charge is 0.462 e. The van der Waals surface area contributed by atoms with Crippen molar-refractivity contribution < 1.29 is 80.2 Å². The molecule has 0 aromatic rings. The Balaban J connectivity index is 5.38. The van der Waals surface area contributed by atoms with Gasteiger partial charge in [0.15, 0.2) is 12.2 Å². The Labute approximate surface area is 606 Å². The molecule has 0 aliphatic rings. The molecule has 0 fully saturated rings. The van der Waals surface area contributed by atoms with E-state index in [1.165, 1.54) is 51.4 Å². The average molecular weight is 1450 g/mol. The van der Waals surface area contributed by atoms with Gasteiger partial charge in [-0.05, 0) is 128 Å². The van der Waals surface area contributed by atoms with Crippen LogP contribution >= 0.6 is 15.6 Å². The zero-order valence-corrected chi connectivity index (χ0v) is 64.4. The van der Waals surface area contributed by atoms with Gasteiger partial charge in [-0.1, -0.05) is 278 Å². The van der Waals surface area contributed by atoms with Gasteiger partial charge in [0.05, 0.1) is 26.4 Å². The molecule has 0 amide bonds. The van der Waals surface area contributed by atoms with Crippen molar-refractivity contribution in [2.75, 3.05) is 39.6 Å². The van der Waals surface area contributed by atoms with E-state index in [1.54, 1.807) is 0 Å². The highest BCUT2D eigenvalue weighted by molar-refractivity contribution is 7.47. The van der Waals surface area contributed by atoms with Gasteiger partial charge in [-0.3, -0.25) is 37.3 Å². The third-order valence-corrected chi connectivity index (χ3v) is 17.8. The molecule has 574 valence electrons. The molecule has 0 aromatic carbocycles. The number of rotatable bonds is 72. The van der Waals surface area contributed by atoms with Crippen molar-refractivity contribution in [1.29, 1.82) is 0 Å². The standard InChI is InChI=1S/C81H138O17P2/c1-5-9-13-17-21-25-29-31-33-35-37-39-41-43-47-50-54-58-62-66-79(84)92-72-77(98-81(86)68-64-60-56-52-48-44-42-40-38-36-34-32-30-26-22-18-14-10-6-2)74-96-100(89,90)94-70-75(82)69-93-99(87,88)95-73-76(97-80(85)67-63-59-55-51-46-28-24-20-16-12-8-4)71-91-78(83)65-61-57-53-49-45-27-23-19-15-11-7-3/h9-10,13-14,19,21-23,25-26,31-34,37-40,43,47,75-77,82H,5-8,11-12,15-18,20,24,27-30,35-36,41-42,44-46,48-74H2,1-4H3,(H,87,88)(H,89,90)/b13-9-,14-10-,23-19-,25-21-,26-22-,33-31-,34-32-,39-37-,40-38-,47-43-. The summed E-state index contributed by atoms with van der Waals surface area (Å²) >= 11 is 0. The third kappa shape index (κ3) is 71.8. The predicted octanol–water partition coefficient (Wildman–Crippen LogP) is 22.3. The first-order valence-corrected chi connectivity index (χ1v) is 41.8. The van der Waals surface area contributed by atoms with Crippen LogP contribution in [-0.4, -0.2) is 96.7 Å². The molecule has 0 saturated heterocycles. The van der Waals surface area contributed by atoms with Crippen molar-refractivity contribution in [3.63, 3.8) is 0 Å². The van der Waals surface area contributed by atoms with E-state index in [0.717, 1.165) is 180 Å². The second-order valence-electron chi connectivity index (χ2n) is 25.5. The molecule has 5 atom stereocenters. The summed E-state index contributed by atoms with van der Waals surface area (Å²) in [5, 5.41) is 10.6. The van der Waals surface area contributed by atoms with Crippen LogP contribution in [0.3, 0.4) is 0 Å². The van der Waals surface area contributed by atoms with Gasteiger partial charge in [0.1, 0.15) is 19.3 Å². The second kappa shape index (κ2) is 72.8. The lowest BCUT2D eigenvalue weighted by molar-refractivity contribution is -0.161. The van der Waals surface area contributed by atoms with Crippen molar-refractivity contribution in [2.24, 2.45) is 0 Å². The largest absolute Gasteiger partial charge is 0.472 e. The topological polar surface area (TPSA) is 237 Å². The molecule has 3 N–H and O–H groups in total. The molecule has 0 aliphatic heterocycles. The predicted molar refractivity (Wildman–Crippen MR) is 408 cm³/mol. The Hall–Kier alpha value is -4.54. The molecule has 0 aromatic heterocycles. The summed E-state index contributed by atoms with van der Waals surface area (Å²) in [5.41, 5.74) is 0. The van der Waals surface area contributed by atoms with Gasteiger partial charge in [-0.15, -0.1) is 0 Å². The van der Waals surface area contributed by atoms with E-state index in [9.17, 15) is 43.2 Å². The molecular formula is C81H138O17P2. The van der Waals surface area contributed by atoms with Crippen molar-refractivity contribution in [3.05, 3.63) is 122 Å². The fraction of sp³-hybridized carbons (Fsp3) is 0.704. The van der Waals surface area contributed by atoms with Gasteiger partial charge in [0, 0.05) is 25.7 Å². The summed E-state index contributed by atoms with van der Waals surface area (Å²) in [7, 11) is -9.96. The Bertz CT molecular complexity index is 2370.